The minimum atomic E-state index is -1.09. The Balaban J connectivity index is 2.89. The van der Waals surface area contributed by atoms with Crippen LogP contribution in [0, 0.1) is 11.8 Å². The molecule has 1 fully saturated rings. The van der Waals surface area contributed by atoms with Crippen molar-refractivity contribution in [3.63, 3.8) is 0 Å². The van der Waals surface area contributed by atoms with E-state index < -0.39 is 41.6 Å². The fourth-order valence-electron chi connectivity index (χ4n) is 3.38. The first-order chi connectivity index (χ1) is 15.6. The third-order valence-corrected chi connectivity index (χ3v) is 6.15. The fourth-order valence-corrected chi connectivity index (χ4v) is 3.38. The molecule has 0 aliphatic carbocycles. The summed E-state index contributed by atoms with van der Waals surface area (Å²) in [6, 6.07) is -2.83. The van der Waals surface area contributed by atoms with Crippen LogP contribution >= 0.6 is 0 Å². The van der Waals surface area contributed by atoms with E-state index in [9.17, 15) is 24.0 Å². The molecule has 4 N–H and O–H groups in total. The van der Waals surface area contributed by atoms with Crippen LogP contribution in [0.2, 0.25) is 0 Å². The summed E-state index contributed by atoms with van der Waals surface area (Å²) in [5, 5.41) is 10.4. The standard InChI is InChI=1S/C24H40N4O5/c1-6-15(3)11-8-9-13-19(29)27-18-12-10-14-25-23(32)20(16(4)7-2)28-24(33)21(30)17(5)26-22(18)31/h9,13,15-18,20H,6-8,10-12,14H2,1-5H3,(H,25,32)(H,26,31)(H,27,29)(H,28,33)/b13-9+/t15?,16?,17-,18?,20?/m0/s1. The molecule has 1 aliphatic rings. The molecule has 0 spiro atoms. The van der Waals surface area contributed by atoms with Crippen molar-refractivity contribution in [3.8, 4) is 0 Å². The first-order valence-corrected chi connectivity index (χ1v) is 12.0. The maximum absolute atomic E-state index is 12.7. The van der Waals surface area contributed by atoms with Gasteiger partial charge in [0.05, 0.1) is 6.04 Å². The van der Waals surface area contributed by atoms with E-state index in [0.717, 1.165) is 19.3 Å². The van der Waals surface area contributed by atoms with Crippen molar-refractivity contribution in [2.45, 2.75) is 91.3 Å². The van der Waals surface area contributed by atoms with E-state index in [0.29, 0.717) is 18.8 Å². The zero-order valence-corrected chi connectivity index (χ0v) is 20.5. The van der Waals surface area contributed by atoms with Gasteiger partial charge in [0.15, 0.2) is 0 Å². The van der Waals surface area contributed by atoms with E-state index in [1.165, 1.54) is 13.0 Å². The Morgan fingerprint density at radius 2 is 1.79 bits per heavy atom. The van der Waals surface area contributed by atoms with Crippen molar-refractivity contribution in [2.24, 2.45) is 11.8 Å². The summed E-state index contributed by atoms with van der Waals surface area (Å²) < 4.78 is 0. The molecule has 0 aromatic rings. The second-order valence-electron chi connectivity index (χ2n) is 8.92. The summed E-state index contributed by atoms with van der Waals surface area (Å²) in [6.45, 7) is 9.66. The molecule has 1 rings (SSSR count). The van der Waals surface area contributed by atoms with Crippen molar-refractivity contribution in [3.05, 3.63) is 12.2 Å². The smallest absolute Gasteiger partial charge is 0.290 e. The Hall–Kier alpha value is -2.71. The molecule has 0 aromatic heterocycles. The summed E-state index contributed by atoms with van der Waals surface area (Å²) in [6.07, 6.45) is 7.36. The van der Waals surface area contributed by atoms with Crippen LogP contribution in [-0.2, 0) is 24.0 Å². The molecular weight excluding hydrogens is 424 g/mol. The lowest BCUT2D eigenvalue weighted by atomic mass is 9.97. The van der Waals surface area contributed by atoms with Crippen LogP contribution < -0.4 is 21.3 Å². The number of Topliss-reactive ketones (excluding diaryl/α,β-unsaturated/α-hetero) is 1. The summed E-state index contributed by atoms with van der Waals surface area (Å²) in [7, 11) is 0. The highest BCUT2D eigenvalue weighted by Crippen LogP contribution is 2.10. The summed E-state index contributed by atoms with van der Waals surface area (Å²) in [5.41, 5.74) is 0. The highest BCUT2D eigenvalue weighted by molar-refractivity contribution is 6.38. The van der Waals surface area contributed by atoms with Crippen LogP contribution in [0.15, 0.2) is 12.2 Å². The molecule has 0 saturated carbocycles. The Kier molecular flexibility index (Phi) is 12.4. The molecule has 1 saturated heterocycles. The first kappa shape index (κ1) is 28.3. The van der Waals surface area contributed by atoms with Gasteiger partial charge in [0.2, 0.25) is 23.5 Å². The molecule has 9 nitrogen and oxygen atoms in total. The van der Waals surface area contributed by atoms with Gasteiger partial charge in [0.1, 0.15) is 12.1 Å². The molecule has 4 amide bonds. The Bertz CT molecular complexity index is 736. The van der Waals surface area contributed by atoms with E-state index in [-0.39, 0.29) is 24.8 Å². The number of rotatable bonds is 8. The summed E-state index contributed by atoms with van der Waals surface area (Å²) in [4.78, 5) is 62.5. The fraction of sp³-hybridized carbons (Fsp3) is 0.708. The normalized spacial score (nSPS) is 25.1. The number of hydrogen-bond donors (Lipinski definition) is 4. The van der Waals surface area contributed by atoms with Gasteiger partial charge in [-0.05, 0) is 50.5 Å². The van der Waals surface area contributed by atoms with E-state index in [1.54, 1.807) is 6.08 Å². The lowest BCUT2D eigenvalue weighted by Crippen LogP contribution is -2.55. The van der Waals surface area contributed by atoms with Gasteiger partial charge in [-0.1, -0.05) is 46.6 Å². The Labute approximate surface area is 196 Å². The number of amides is 4. The average molecular weight is 465 g/mol. The van der Waals surface area contributed by atoms with Gasteiger partial charge in [-0.2, -0.15) is 0 Å². The van der Waals surface area contributed by atoms with E-state index in [2.05, 4.69) is 35.1 Å². The zero-order chi connectivity index (χ0) is 25.0. The van der Waals surface area contributed by atoms with Crippen LogP contribution in [0.5, 0.6) is 0 Å². The number of hydrogen-bond acceptors (Lipinski definition) is 5. The van der Waals surface area contributed by atoms with E-state index in [1.807, 2.05) is 13.8 Å². The molecule has 9 heteroatoms. The second-order valence-corrected chi connectivity index (χ2v) is 8.92. The molecule has 0 bridgehead atoms. The third kappa shape index (κ3) is 9.75. The molecule has 33 heavy (non-hydrogen) atoms. The van der Waals surface area contributed by atoms with Gasteiger partial charge >= 0.3 is 0 Å². The van der Waals surface area contributed by atoms with Gasteiger partial charge in [-0.25, -0.2) is 0 Å². The molecule has 4 unspecified atom stereocenters. The number of nitrogens with one attached hydrogen (secondary N) is 4. The lowest BCUT2D eigenvalue weighted by Gasteiger charge is -2.23. The highest BCUT2D eigenvalue weighted by Gasteiger charge is 2.32. The van der Waals surface area contributed by atoms with Crippen molar-refractivity contribution in [1.29, 1.82) is 0 Å². The first-order valence-electron chi connectivity index (χ1n) is 12.0. The predicted octanol–water partition coefficient (Wildman–Crippen LogP) is 1.37. The summed E-state index contributed by atoms with van der Waals surface area (Å²) in [5.74, 6) is -2.69. The third-order valence-electron chi connectivity index (χ3n) is 6.15. The molecule has 1 aliphatic heterocycles. The largest absolute Gasteiger partial charge is 0.354 e. The maximum atomic E-state index is 12.7. The van der Waals surface area contributed by atoms with Crippen molar-refractivity contribution in [2.75, 3.05) is 6.54 Å². The van der Waals surface area contributed by atoms with Crippen molar-refractivity contribution >= 4 is 29.4 Å². The van der Waals surface area contributed by atoms with Crippen LogP contribution in [0.25, 0.3) is 0 Å². The molecular formula is C24H40N4O5. The molecule has 5 atom stereocenters. The monoisotopic (exact) mass is 464 g/mol. The van der Waals surface area contributed by atoms with Crippen molar-refractivity contribution in [1.82, 2.24) is 21.3 Å². The number of ketones is 1. The molecule has 0 aromatic carbocycles. The Morgan fingerprint density at radius 3 is 2.42 bits per heavy atom. The van der Waals surface area contributed by atoms with Crippen LogP contribution in [0.3, 0.4) is 0 Å². The molecule has 1 heterocycles. The minimum Gasteiger partial charge on any atom is -0.354 e. The molecule has 0 radical (unpaired) electrons. The predicted molar refractivity (Wildman–Crippen MR) is 126 cm³/mol. The van der Waals surface area contributed by atoms with Crippen LogP contribution in [0.1, 0.15) is 73.1 Å². The average Bonchev–Trinajstić information content (AvgIpc) is 2.80. The van der Waals surface area contributed by atoms with Gasteiger partial charge in [0.25, 0.3) is 5.91 Å². The topological polar surface area (TPSA) is 133 Å². The minimum absolute atomic E-state index is 0.170. The van der Waals surface area contributed by atoms with E-state index in [4.69, 9.17) is 0 Å². The molecule has 186 valence electrons. The number of carbonyl (C=O) groups is 5. The van der Waals surface area contributed by atoms with Crippen LogP contribution in [0.4, 0.5) is 0 Å². The lowest BCUT2D eigenvalue weighted by molar-refractivity contribution is -0.141. The van der Waals surface area contributed by atoms with Gasteiger partial charge in [-0.15, -0.1) is 0 Å². The SMILES string of the molecule is CCC(C)CC/C=C/C(=O)NC1CCCNC(=O)C(C(C)CC)NC(=O)C(=O)[C@H](C)NC1=O. The van der Waals surface area contributed by atoms with E-state index >= 15 is 0 Å². The maximum Gasteiger partial charge on any atom is 0.290 e. The highest BCUT2D eigenvalue weighted by atomic mass is 16.2. The van der Waals surface area contributed by atoms with Gasteiger partial charge < -0.3 is 21.3 Å². The summed E-state index contributed by atoms with van der Waals surface area (Å²) >= 11 is 0. The zero-order valence-electron chi connectivity index (χ0n) is 20.5. The quantitative estimate of drug-likeness (QED) is 0.318. The second kappa shape index (κ2) is 14.4. The van der Waals surface area contributed by atoms with Crippen LogP contribution in [-0.4, -0.2) is 54.1 Å². The van der Waals surface area contributed by atoms with Gasteiger partial charge in [0, 0.05) is 6.54 Å². The van der Waals surface area contributed by atoms with Gasteiger partial charge in [-0.3, -0.25) is 24.0 Å². The Morgan fingerprint density at radius 1 is 1.09 bits per heavy atom. The van der Waals surface area contributed by atoms with Crippen molar-refractivity contribution < 1.29 is 24.0 Å². The number of carbonyl (C=O) groups excluding carboxylic acids is 5. The number of allylic oxidation sites excluding steroid dienone is 1.